The topological polar surface area (TPSA) is 93.5 Å². The molecule has 2 aromatic rings. The van der Waals surface area contributed by atoms with E-state index in [-0.39, 0.29) is 24.0 Å². The van der Waals surface area contributed by atoms with E-state index in [1.165, 1.54) is 0 Å². The molecule has 2 amide bonds. The summed E-state index contributed by atoms with van der Waals surface area (Å²) in [6, 6.07) is 5.98. The Morgan fingerprint density at radius 1 is 1.06 bits per heavy atom. The number of rotatable bonds is 7. The molecule has 3 fully saturated rings. The number of fused-ring (bicyclic) bond motifs is 3. The summed E-state index contributed by atoms with van der Waals surface area (Å²) in [6.07, 6.45) is 9.46. The van der Waals surface area contributed by atoms with E-state index in [9.17, 15) is 14.4 Å². The number of nitrogens with zero attached hydrogens (tertiary/aromatic N) is 3. The third-order valence-corrected chi connectivity index (χ3v) is 7.36. The second-order valence-electron chi connectivity index (χ2n) is 10.2. The van der Waals surface area contributed by atoms with E-state index in [4.69, 9.17) is 4.74 Å². The number of carbonyl (C=O) groups excluding carboxylic acids is 3. The highest BCUT2D eigenvalue weighted by molar-refractivity contribution is 5.91. The van der Waals surface area contributed by atoms with Crippen LogP contribution < -0.4 is 10.2 Å². The molecule has 4 aliphatic rings. The van der Waals surface area contributed by atoms with Crippen molar-refractivity contribution in [2.45, 2.75) is 63.9 Å². The molecule has 178 valence electrons. The monoisotopic (exact) mass is 462 g/mol. The lowest BCUT2D eigenvalue weighted by Crippen LogP contribution is -2.34. The fourth-order valence-electron chi connectivity index (χ4n) is 5.07. The van der Waals surface area contributed by atoms with Crippen LogP contribution in [0.15, 0.2) is 24.4 Å². The van der Waals surface area contributed by atoms with Crippen LogP contribution in [-0.4, -0.2) is 46.9 Å². The number of benzene rings is 1. The van der Waals surface area contributed by atoms with Crippen LogP contribution in [0.5, 0.6) is 0 Å². The molecular formula is C26H30N4O4. The molecule has 8 nitrogen and oxygen atoms in total. The summed E-state index contributed by atoms with van der Waals surface area (Å²) in [4.78, 5) is 39.1. The fourth-order valence-corrected chi connectivity index (χ4v) is 5.07. The van der Waals surface area contributed by atoms with Gasteiger partial charge in [-0.25, -0.2) is 4.79 Å². The summed E-state index contributed by atoms with van der Waals surface area (Å²) in [7, 11) is 0. The van der Waals surface area contributed by atoms with Gasteiger partial charge >= 0.3 is 6.09 Å². The Kier molecular flexibility index (Phi) is 5.38. The van der Waals surface area contributed by atoms with Crippen LogP contribution in [0.2, 0.25) is 0 Å². The van der Waals surface area contributed by atoms with Gasteiger partial charge in [-0.1, -0.05) is 6.07 Å². The quantitative estimate of drug-likeness (QED) is 0.677. The summed E-state index contributed by atoms with van der Waals surface area (Å²) in [5.74, 6) is 1.14. The summed E-state index contributed by atoms with van der Waals surface area (Å²) in [5.41, 5.74) is 4.94. The van der Waals surface area contributed by atoms with Crippen molar-refractivity contribution in [1.29, 1.82) is 0 Å². The SMILES string of the molecule is O=C(CC1CC1)NCC1CN(c2ccc3c(c2)CCCc2cnn(C(=O)CC4CC4)c2-3)C(=O)O1. The van der Waals surface area contributed by atoms with Gasteiger partial charge in [0.25, 0.3) is 0 Å². The van der Waals surface area contributed by atoms with Crippen LogP contribution in [0.25, 0.3) is 11.3 Å². The highest BCUT2D eigenvalue weighted by Gasteiger charge is 2.34. The third-order valence-electron chi connectivity index (χ3n) is 7.36. The molecule has 1 atom stereocenters. The number of anilines is 1. The number of carbonyl (C=O) groups is 3. The van der Waals surface area contributed by atoms with Crippen molar-refractivity contribution >= 4 is 23.6 Å². The van der Waals surface area contributed by atoms with E-state index in [1.54, 1.807) is 9.58 Å². The van der Waals surface area contributed by atoms with Crippen LogP contribution in [0.1, 0.15) is 60.9 Å². The van der Waals surface area contributed by atoms with Crippen LogP contribution in [0.3, 0.4) is 0 Å². The maximum Gasteiger partial charge on any atom is 0.414 e. The highest BCUT2D eigenvalue weighted by atomic mass is 16.6. The minimum Gasteiger partial charge on any atom is -0.442 e. The van der Waals surface area contributed by atoms with E-state index in [0.29, 0.717) is 37.8 Å². The second kappa shape index (κ2) is 8.56. The van der Waals surface area contributed by atoms with Gasteiger partial charge < -0.3 is 10.1 Å². The first kappa shape index (κ1) is 21.4. The van der Waals surface area contributed by atoms with Crippen LogP contribution in [0.4, 0.5) is 10.5 Å². The Morgan fingerprint density at radius 3 is 2.62 bits per heavy atom. The van der Waals surface area contributed by atoms with Gasteiger partial charge in [0.05, 0.1) is 25.0 Å². The first-order valence-electron chi connectivity index (χ1n) is 12.5. The number of nitrogens with one attached hydrogen (secondary N) is 1. The van der Waals surface area contributed by atoms with Crippen LogP contribution >= 0.6 is 0 Å². The number of hydrogen-bond acceptors (Lipinski definition) is 5. The summed E-state index contributed by atoms with van der Waals surface area (Å²) in [6.45, 7) is 0.745. The highest BCUT2D eigenvalue weighted by Crippen LogP contribution is 2.37. The Balaban J connectivity index is 1.19. The molecule has 6 rings (SSSR count). The molecule has 1 saturated heterocycles. The van der Waals surface area contributed by atoms with Gasteiger partial charge in [0.1, 0.15) is 6.10 Å². The molecule has 0 spiro atoms. The Hall–Kier alpha value is -3.16. The van der Waals surface area contributed by atoms with E-state index in [0.717, 1.165) is 73.0 Å². The summed E-state index contributed by atoms with van der Waals surface area (Å²) >= 11 is 0. The number of cyclic esters (lactones) is 1. The Morgan fingerprint density at radius 2 is 1.82 bits per heavy atom. The zero-order valence-corrected chi connectivity index (χ0v) is 19.3. The lowest BCUT2D eigenvalue weighted by Gasteiger charge is -2.17. The maximum absolute atomic E-state index is 12.9. The Labute approximate surface area is 198 Å². The van der Waals surface area contributed by atoms with Crippen molar-refractivity contribution in [2.24, 2.45) is 11.8 Å². The Bertz CT molecular complexity index is 1150. The predicted octanol–water partition coefficient (Wildman–Crippen LogP) is 3.72. The van der Waals surface area contributed by atoms with Gasteiger partial charge in [-0.15, -0.1) is 0 Å². The average molecular weight is 463 g/mol. The molecule has 3 aliphatic carbocycles. The molecular weight excluding hydrogens is 432 g/mol. The molecule has 0 radical (unpaired) electrons. The zero-order chi connectivity index (χ0) is 23.2. The van der Waals surface area contributed by atoms with E-state index < -0.39 is 0 Å². The number of ether oxygens (including phenoxy) is 1. The maximum atomic E-state index is 12.9. The van der Waals surface area contributed by atoms with Crippen molar-refractivity contribution in [3.63, 3.8) is 0 Å². The zero-order valence-electron chi connectivity index (χ0n) is 19.3. The summed E-state index contributed by atoms with van der Waals surface area (Å²) in [5, 5.41) is 7.35. The van der Waals surface area contributed by atoms with Gasteiger partial charge in [0, 0.05) is 24.1 Å². The molecule has 1 aromatic carbocycles. The van der Waals surface area contributed by atoms with E-state index in [1.807, 2.05) is 24.4 Å². The molecule has 2 saturated carbocycles. The number of aryl methyl sites for hydroxylation is 2. The number of hydrogen-bond donors (Lipinski definition) is 1. The van der Waals surface area contributed by atoms with Crippen LogP contribution in [0, 0.1) is 11.8 Å². The normalized spacial score (nSPS) is 21.5. The van der Waals surface area contributed by atoms with Gasteiger partial charge in [0.2, 0.25) is 11.8 Å². The van der Waals surface area contributed by atoms with Crippen molar-refractivity contribution < 1.29 is 19.1 Å². The number of amides is 2. The first-order chi connectivity index (χ1) is 16.5. The third kappa shape index (κ3) is 4.33. The van der Waals surface area contributed by atoms with Gasteiger partial charge in [-0.3, -0.25) is 14.5 Å². The summed E-state index contributed by atoms with van der Waals surface area (Å²) < 4.78 is 7.12. The van der Waals surface area contributed by atoms with Gasteiger partial charge in [-0.2, -0.15) is 9.78 Å². The molecule has 1 aromatic heterocycles. The van der Waals surface area contributed by atoms with E-state index >= 15 is 0 Å². The predicted molar refractivity (Wildman–Crippen MR) is 126 cm³/mol. The molecule has 34 heavy (non-hydrogen) atoms. The first-order valence-corrected chi connectivity index (χ1v) is 12.5. The molecule has 1 N–H and O–H groups in total. The number of aromatic nitrogens is 2. The van der Waals surface area contributed by atoms with Crippen molar-refractivity contribution in [3.8, 4) is 11.3 Å². The van der Waals surface area contributed by atoms with Crippen LogP contribution in [-0.2, 0) is 22.4 Å². The van der Waals surface area contributed by atoms with Crippen molar-refractivity contribution in [2.75, 3.05) is 18.0 Å². The average Bonchev–Trinajstić information content (AvgIpc) is 3.74. The smallest absolute Gasteiger partial charge is 0.414 e. The van der Waals surface area contributed by atoms with Gasteiger partial charge in [0.15, 0.2) is 0 Å². The minimum absolute atomic E-state index is 0.0330. The molecule has 1 aliphatic heterocycles. The van der Waals surface area contributed by atoms with Crippen molar-refractivity contribution in [1.82, 2.24) is 15.1 Å². The lowest BCUT2D eigenvalue weighted by atomic mass is 10.0. The molecule has 8 heteroatoms. The second-order valence-corrected chi connectivity index (χ2v) is 10.2. The molecule has 0 bridgehead atoms. The van der Waals surface area contributed by atoms with Gasteiger partial charge in [-0.05, 0) is 80.0 Å². The van der Waals surface area contributed by atoms with E-state index in [2.05, 4.69) is 10.4 Å². The molecule has 2 heterocycles. The molecule has 1 unspecified atom stereocenters. The standard InChI is InChI=1S/C26H30N4O4/c31-23(10-16-4-5-16)27-14-21-15-29(26(33)34-21)20-8-9-22-18(12-20)2-1-3-19-13-28-30(25(19)22)24(32)11-17-6-7-17/h8-9,12-13,16-17,21H,1-7,10-11,14-15H2,(H,27,31). The minimum atomic E-state index is -0.389. The largest absolute Gasteiger partial charge is 0.442 e. The fraction of sp³-hybridized carbons (Fsp3) is 0.538. The lowest BCUT2D eigenvalue weighted by molar-refractivity contribution is -0.121. The van der Waals surface area contributed by atoms with Crippen molar-refractivity contribution in [3.05, 3.63) is 35.5 Å².